The molecule has 0 aliphatic carbocycles. The predicted octanol–water partition coefficient (Wildman–Crippen LogP) is 1.75. The minimum Gasteiger partial charge on any atom is -0.497 e. The van der Waals surface area contributed by atoms with Gasteiger partial charge in [-0.3, -0.25) is 9.69 Å². The molecule has 0 bridgehead atoms. The minimum absolute atomic E-state index is 0.0298. The first-order valence-corrected chi connectivity index (χ1v) is 13.8. The van der Waals surface area contributed by atoms with E-state index in [4.69, 9.17) is 9.47 Å². The van der Waals surface area contributed by atoms with Crippen molar-refractivity contribution in [2.75, 3.05) is 33.4 Å². The van der Waals surface area contributed by atoms with Gasteiger partial charge in [-0.15, -0.1) is 0 Å². The number of amides is 1. The van der Waals surface area contributed by atoms with Crippen molar-refractivity contribution in [3.63, 3.8) is 0 Å². The second kappa shape index (κ2) is 10.0. The first-order chi connectivity index (χ1) is 17.3. The van der Waals surface area contributed by atoms with E-state index in [1.165, 1.54) is 11.6 Å². The zero-order valence-corrected chi connectivity index (χ0v) is 21.2. The van der Waals surface area contributed by atoms with Crippen molar-refractivity contribution in [3.8, 4) is 11.5 Å². The maximum atomic E-state index is 13.5. The molecule has 2 aromatic rings. The number of sulfonamides is 1. The molecule has 3 heterocycles. The molecule has 2 fully saturated rings. The topological polar surface area (TPSA) is 108 Å². The van der Waals surface area contributed by atoms with Gasteiger partial charge in [0, 0.05) is 44.6 Å². The van der Waals surface area contributed by atoms with Crippen LogP contribution in [0.4, 0.5) is 0 Å². The maximum absolute atomic E-state index is 13.5. The Balaban J connectivity index is 1.36. The highest BCUT2D eigenvalue weighted by atomic mass is 32.2. The summed E-state index contributed by atoms with van der Waals surface area (Å²) < 4.78 is 39.4. The van der Waals surface area contributed by atoms with Crippen molar-refractivity contribution in [1.82, 2.24) is 14.5 Å². The molecule has 2 N–H and O–H groups in total. The van der Waals surface area contributed by atoms with Gasteiger partial charge in [-0.05, 0) is 42.7 Å². The van der Waals surface area contributed by atoms with Crippen molar-refractivity contribution >= 4 is 15.9 Å². The molecule has 3 aliphatic rings. The summed E-state index contributed by atoms with van der Waals surface area (Å²) in [5.41, 5.74) is 0.689. The number of para-hydroxylation sites is 1. The molecule has 2 aromatic carbocycles. The Morgan fingerprint density at radius 2 is 1.83 bits per heavy atom. The number of hydrogen-bond donors (Lipinski definition) is 2. The molecule has 10 heteroatoms. The van der Waals surface area contributed by atoms with Crippen LogP contribution in [0, 0.1) is 0 Å². The predicted molar refractivity (Wildman–Crippen MR) is 133 cm³/mol. The normalized spacial score (nSPS) is 26.2. The fourth-order valence-electron chi connectivity index (χ4n) is 5.46. The van der Waals surface area contributed by atoms with E-state index in [1.54, 1.807) is 25.3 Å². The molecular weight excluding hydrogens is 482 g/mol. The number of benzene rings is 2. The molecule has 0 unspecified atom stereocenters. The monoisotopic (exact) mass is 515 g/mol. The van der Waals surface area contributed by atoms with Gasteiger partial charge in [-0.25, -0.2) is 8.42 Å². The van der Waals surface area contributed by atoms with Gasteiger partial charge in [0.1, 0.15) is 22.4 Å². The number of aliphatic hydroxyl groups is 1. The van der Waals surface area contributed by atoms with Crippen LogP contribution in [0.5, 0.6) is 11.5 Å². The van der Waals surface area contributed by atoms with E-state index in [-0.39, 0.29) is 29.5 Å². The van der Waals surface area contributed by atoms with E-state index >= 15 is 0 Å². The van der Waals surface area contributed by atoms with Crippen LogP contribution in [0.15, 0.2) is 53.4 Å². The number of carbonyl (C=O) groups is 1. The van der Waals surface area contributed by atoms with Gasteiger partial charge in [0.2, 0.25) is 15.9 Å². The van der Waals surface area contributed by atoms with Gasteiger partial charge in [-0.1, -0.05) is 24.3 Å². The average molecular weight is 516 g/mol. The zero-order chi connectivity index (χ0) is 25.3. The SMILES string of the molecule is COc1ccc(CN2CCC3(CCOc4ccccc4S(=O)(=O)N4C[C@H](O)C[C@H]4C(=O)N3)CC2)cc1. The van der Waals surface area contributed by atoms with Crippen LogP contribution < -0.4 is 14.8 Å². The Labute approximate surface area is 212 Å². The van der Waals surface area contributed by atoms with Crippen molar-refractivity contribution in [2.45, 2.75) is 54.8 Å². The number of aliphatic hydroxyl groups excluding tert-OH is 1. The Kier molecular flexibility index (Phi) is 6.95. The summed E-state index contributed by atoms with van der Waals surface area (Å²) in [6.07, 6.45) is 1.20. The summed E-state index contributed by atoms with van der Waals surface area (Å²) in [5.74, 6) is 0.753. The lowest BCUT2D eigenvalue weighted by atomic mass is 9.84. The second-order valence-electron chi connectivity index (χ2n) is 9.92. The number of methoxy groups -OCH3 is 1. The number of rotatable bonds is 3. The van der Waals surface area contributed by atoms with Gasteiger partial charge in [0.15, 0.2) is 0 Å². The van der Waals surface area contributed by atoms with Gasteiger partial charge >= 0.3 is 0 Å². The number of piperidine rings is 1. The minimum atomic E-state index is -4.02. The van der Waals surface area contributed by atoms with Crippen LogP contribution >= 0.6 is 0 Å². The molecule has 36 heavy (non-hydrogen) atoms. The fraction of sp³-hybridized carbons (Fsp3) is 0.500. The van der Waals surface area contributed by atoms with E-state index < -0.39 is 27.7 Å². The number of hydrogen-bond acceptors (Lipinski definition) is 7. The van der Waals surface area contributed by atoms with Crippen LogP contribution in [0.3, 0.4) is 0 Å². The molecule has 0 aromatic heterocycles. The molecule has 1 spiro atoms. The number of ether oxygens (including phenoxy) is 2. The van der Waals surface area contributed by atoms with Gasteiger partial charge in [0.05, 0.1) is 19.8 Å². The van der Waals surface area contributed by atoms with E-state index in [9.17, 15) is 18.3 Å². The first-order valence-electron chi connectivity index (χ1n) is 12.4. The van der Waals surface area contributed by atoms with Gasteiger partial charge in [-0.2, -0.15) is 4.31 Å². The third-order valence-electron chi connectivity index (χ3n) is 7.58. The van der Waals surface area contributed by atoms with Crippen molar-refractivity contribution < 1.29 is 27.8 Å². The van der Waals surface area contributed by atoms with Crippen LogP contribution in [-0.2, 0) is 21.4 Å². The average Bonchev–Trinajstić information content (AvgIpc) is 3.28. The lowest BCUT2D eigenvalue weighted by Crippen LogP contribution is -2.59. The third kappa shape index (κ3) is 4.95. The van der Waals surface area contributed by atoms with Crippen LogP contribution in [0.25, 0.3) is 0 Å². The fourth-order valence-corrected chi connectivity index (χ4v) is 7.23. The number of nitrogens with zero attached hydrogens (tertiary/aromatic N) is 2. The Morgan fingerprint density at radius 3 is 2.56 bits per heavy atom. The summed E-state index contributed by atoms with van der Waals surface area (Å²) in [5, 5.41) is 13.5. The van der Waals surface area contributed by atoms with E-state index in [0.717, 1.165) is 42.5 Å². The number of likely N-dealkylation sites (tertiary alicyclic amines) is 1. The molecule has 5 rings (SSSR count). The van der Waals surface area contributed by atoms with Crippen LogP contribution in [0.2, 0.25) is 0 Å². The largest absolute Gasteiger partial charge is 0.497 e. The number of fused-ring (bicyclic) bond motifs is 2. The van der Waals surface area contributed by atoms with Gasteiger partial charge < -0.3 is 19.9 Å². The number of carbonyl (C=O) groups excluding carboxylic acids is 1. The quantitative estimate of drug-likeness (QED) is 0.641. The summed E-state index contributed by atoms with van der Waals surface area (Å²) in [6.45, 7) is 2.56. The smallest absolute Gasteiger partial charge is 0.247 e. The summed E-state index contributed by atoms with van der Waals surface area (Å²) in [6, 6.07) is 13.6. The summed E-state index contributed by atoms with van der Waals surface area (Å²) >= 11 is 0. The summed E-state index contributed by atoms with van der Waals surface area (Å²) in [4.78, 5) is 15.9. The Bertz CT molecular complexity index is 1190. The third-order valence-corrected chi connectivity index (χ3v) is 9.49. The second-order valence-corrected chi connectivity index (χ2v) is 11.8. The van der Waals surface area contributed by atoms with E-state index in [1.807, 2.05) is 12.1 Å². The summed E-state index contributed by atoms with van der Waals surface area (Å²) in [7, 11) is -2.37. The van der Waals surface area contributed by atoms with Gasteiger partial charge in [0.25, 0.3) is 0 Å². The maximum Gasteiger partial charge on any atom is 0.247 e. The molecule has 194 valence electrons. The highest BCUT2D eigenvalue weighted by Crippen LogP contribution is 2.35. The molecule has 2 saturated heterocycles. The highest BCUT2D eigenvalue weighted by molar-refractivity contribution is 7.89. The standard InChI is InChI=1S/C26H33N3O6S/c1-34-21-8-6-19(7-9-21)17-28-13-10-26(11-14-28)12-15-35-23-4-2-3-5-24(23)36(32,33)29-18-20(30)16-22(29)25(31)27-26/h2-9,20,22,30H,10-18H2,1H3,(H,27,31)/t20-,22+/m1/s1. The first kappa shape index (κ1) is 25.0. The van der Waals surface area contributed by atoms with E-state index in [2.05, 4.69) is 22.3 Å². The molecular formula is C26H33N3O6S. The van der Waals surface area contributed by atoms with Crippen molar-refractivity contribution in [2.24, 2.45) is 0 Å². The lowest BCUT2D eigenvalue weighted by Gasteiger charge is -2.43. The molecule has 1 amide bonds. The molecule has 2 atom stereocenters. The highest BCUT2D eigenvalue weighted by Gasteiger charge is 2.47. The Hall–Kier alpha value is -2.66. The molecule has 3 aliphatic heterocycles. The molecule has 0 radical (unpaired) electrons. The lowest BCUT2D eigenvalue weighted by molar-refractivity contribution is -0.127. The number of nitrogens with one attached hydrogen (secondary N) is 1. The molecule has 9 nitrogen and oxygen atoms in total. The van der Waals surface area contributed by atoms with E-state index in [0.29, 0.717) is 13.0 Å². The van der Waals surface area contributed by atoms with Crippen LogP contribution in [0.1, 0.15) is 31.2 Å². The zero-order valence-electron chi connectivity index (χ0n) is 20.4. The molecule has 0 saturated carbocycles. The van der Waals surface area contributed by atoms with Crippen molar-refractivity contribution in [1.29, 1.82) is 0 Å². The van der Waals surface area contributed by atoms with Crippen LogP contribution in [-0.4, -0.2) is 79.7 Å². The Morgan fingerprint density at radius 1 is 1.11 bits per heavy atom. The van der Waals surface area contributed by atoms with Crippen molar-refractivity contribution in [3.05, 3.63) is 54.1 Å².